The van der Waals surface area contributed by atoms with E-state index in [2.05, 4.69) is 20.9 Å². The molecular weight excluding hydrogens is 330 g/mol. The zero-order chi connectivity index (χ0) is 14.8. The van der Waals surface area contributed by atoms with Gasteiger partial charge in [-0.2, -0.15) is 4.98 Å². The summed E-state index contributed by atoms with van der Waals surface area (Å²) < 4.78 is 9.04. The number of halogens is 1. The van der Waals surface area contributed by atoms with Crippen LogP contribution in [0.15, 0.2) is 47.1 Å². The van der Waals surface area contributed by atoms with Gasteiger partial charge in [0.05, 0.1) is 5.69 Å². The summed E-state index contributed by atoms with van der Waals surface area (Å²) in [6, 6.07) is 11.8. The molecule has 3 aromatic rings. The molecule has 2 aromatic heterocycles. The number of rotatable bonds is 4. The van der Waals surface area contributed by atoms with Crippen molar-refractivity contribution in [1.29, 1.82) is 0 Å². The molecule has 0 saturated heterocycles. The molecule has 3 rings (SSSR count). The van der Waals surface area contributed by atoms with E-state index in [0.717, 1.165) is 27.1 Å². The number of hydrogen-bond acceptors (Lipinski definition) is 3. The second kappa shape index (κ2) is 5.87. The highest BCUT2D eigenvalue weighted by Crippen LogP contribution is 2.30. The first kappa shape index (κ1) is 14.1. The molecule has 2 heterocycles. The van der Waals surface area contributed by atoms with Gasteiger partial charge in [0.15, 0.2) is 0 Å². The van der Waals surface area contributed by atoms with E-state index >= 15 is 0 Å². The highest BCUT2D eigenvalue weighted by molar-refractivity contribution is 9.10. The third kappa shape index (κ3) is 2.80. The van der Waals surface area contributed by atoms with Crippen molar-refractivity contribution in [3.8, 4) is 11.6 Å². The average molecular weight is 346 g/mol. The van der Waals surface area contributed by atoms with E-state index < -0.39 is 0 Å². The molecule has 0 amide bonds. The molecule has 0 radical (unpaired) electrons. The Hall–Kier alpha value is -1.85. The van der Waals surface area contributed by atoms with Gasteiger partial charge in [0.25, 0.3) is 0 Å². The molecule has 4 nitrogen and oxygen atoms in total. The first-order valence-corrected chi connectivity index (χ1v) is 7.58. The van der Waals surface area contributed by atoms with Crippen LogP contribution in [0.1, 0.15) is 11.3 Å². The van der Waals surface area contributed by atoms with Crippen molar-refractivity contribution >= 4 is 21.6 Å². The Morgan fingerprint density at radius 1 is 1.29 bits per heavy atom. The summed E-state index contributed by atoms with van der Waals surface area (Å²) in [4.78, 5) is 4.57. The van der Waals surface area contributed by atoms with Gasteiger partial charge in [-0.15, -0.1) is 0 Å². The number of nitrogens with two attached hydrogens (primary N) is 1. The fraction of sp³-hybridized carbons (Fsp3) is 0.188. The lowest BCUT2D eigenvalue weighted by molar-refractivity contribution is 0.455. The summed E-state index contributed by atoms with van der Waals surface area (Å²) in [6.45, 7) is 2.57. The van der Waals surface area contributed by atoms with Gasteiger partial charge in [-0.3, -0.25) is 0 Å². The van der Waals surface area contributed by atoms with Crippen LogP contribution in [-0.4, -0.2) is 15.9 Å². The van der Waals surface area contributed by atoms with Crippen LogP contribution in [0.4, 0.5) is 0 Å². The van der Waals surface area contributed by atoms with Gasteiger partial charge in [-0.1, -0.05) is 28.1 Å². The molecule has 0 bridgehead atoms. The minimum Gasteiger partial charge on any atom is -0.437 e. The van der Waals surface area contributed by atoms with Crippen molar-refractivity contribution in [3.63, 3.8) is 0 Å². The standard InChI is InChI=1S/C16H16BrN3O/c1-11-5-6-12(17)10-14(11)21-16-13(7-8-18)20-9-3-2-4-15(20)19-16/h2-6,9-10H,7-8,18H2,1H3. The molecule has 108 valence electrons. The van der Waals surface area contributed by atoms with Crippen LogP contribution in [0.5, 0.6) is 11.6 Å². The molecule has 0 aliphatic rings. The molecule has 0 spiro atoms. The van der Waals surface area contributed by atoms with E-state index in [4.69, 9.17) is 10.5 Å². The molecule has 5 heteroatoms. The third-order valence-corrected chi connectivity index (χ3v) is 3.82. The number of aryl methyl sites for hydroxylation is 1. The van der Waals surface area contributed by atoms with Gasteiger partial charge in [-0.25, -0.2) is 0 Å². The lowest BCUT2D eigenvalue weighted by Gasteiger charge is -2.08. The number of hydrogen-bond donors (Lipinski definition) is 1. The molecular formula is C16H16BrN3O. The van der Waals surface area contributed by atoms with Crippen LogP contribution >= 0.6 is 15.9 Å². The third-order valence-electron chi connectivity index (χ3n) is 3.33. The minimum absolute atomic E-state index is 0.552. The molecule has 1 aromatic carbocycles. The van der Waals surface area contributed by atoms with E-state index in [1.54, 1.807) is 0 Å². The molecule has 2 N–H and O–H groups in total. The summed E-state index contributed by atoms with van der Waals surface area (Å²) in [5, 5.41) is 0. The average Bonchev–Trinajstić information content (AvgIpc) is 2.81. The second-order valence-corrected chi connectivity index (χ2v) is 5.76. The molecule has 0 atom stereocenters. The summed E-state index contributed by atoms with van der Waals surface area (Å²) >= 11 is 3.47. The van der Waals surface area contributed by atoms with E-state index in [9.17, 15) is 0 Å². The molecule has 0 saturated carbocycles. The van der Waals surface area contributed by atoms with Crippen molar-refractivity contribution in [2.45, 2.75) is 13.3 Å². The van der Waals surface area contributed by atoms with Gasteiger partial charge in [0, 0.05) is 17.1 Å². The highest BCUT2D eigenvalue weighted by atomic mass is 79.9. The maximum Gasteiger partial charge on any atom is 0.241 e. The summed E-state index contributed by atoms with van der Waals surface area (Å²) in [6.07, 6.45) is 2.70. The van der Waals surface area contributed by atoms with Crippen LogP contribution in [0.3, 0.4) is 0 Å². The van der Waals surface area contributed by atoms with Gasteiger partial charge in [0.1, 0.15) is 11.4 Å². The Labute approximate surface area is 131 Å². The molecule has 0 unspecified atom stereocenters. The van der Waals surface area contributed by atoms with Gasteiger partial charge >= 0.3 is 0 Å². The quantitative estimate of drug-likeness (QED) is 0.784. The lowest BCUT2D eigenvalue weighted by atomic mass is 10.2. The number of pyridine rings is 1. The number of nitrogens with zero attached hydrogens (tertiary/aromatic N) is 2. The zero-order valence-corrected chi connectivity index (χ0v) is 13.3. The van der Waals surface area contributed by atoms with Crippen molar-refractivity contribution in [3.05, 3.63) is 58.3 Å². The van der Waals surface area contributed by atoms with Gasteiger partial charge < -0.3 is 14.9 Å². The summed E-state index contributed by atoms with van der Waals surface area (Å²) in [5.41, 5.74) is 8.64. The van der Waals surface area contributed by atoms with Crippen molar-refractivity contribution in [1.82, 2.24) is 9.38 Å². The first-order valence-electron chi connectivity index (χ1n) is 6.79. The lowest BCUT2D eigenvalue weighted by Crippen LogP contribution is -2.06. The van der Waals surface area contributed by atoms with Crippen LogP contribution < -0.4 is 10.5 Å². The zero-order valence-electron chi connectivity index (χ0n) is 11.7. The Morgan fingerprint density at radius 2 is 2.14 bits per heavy atom. The van der Waals surface area contributed by atoms with Gasteiger partial charge in [-0.05, 0) is 43.3 Å². The Bertz CT molecular complexity index is 782. The fourth-order valence-corrected chi connectivity index (χ4v) is 2.60. The van der Waals surface area contributed by atoms with Gasteiger partial charge in [0.2, 0.25) is 5.88 Å². The van der Waals surface area contributed by atoms with Crippen LogP contribution in [-0.2, 0) is 6.42 Å². The van der Waals surface area contributed by atoms with Crippen LogP contribution in [0, 0.1) is 6.92 Å². The van der Waals surface area contributed by atoms with Crippen molar-refractivity contribution in [2.75, 3.05) is 6.54 Å². The maximum absolute atomic E-state index is 6.04. The van der Waals surface area contributed by atoms with Crippen LogP contribution in [0.2, 0.25) is 0 Å². The second-order valence-electron chi connectivity index (χ2n) is 4.84. The Kier molecular flexibility index (Phi) is 3.94. The van der Waals surface area contributed by atoms with E-state index in [-0.39, 0.29) is 0 Å². The number of ether oxygens (including phenoxy) is 1. The van der Waals surface area contributed by atoms with E-state index in [1.807, 2.05) is 53.9 Å². The molecule has 0 aliphatic carbocycles. The summed E-state index contributed by atoms with van der Waals surface area (Å²) in [7, 11) is 0. The monoisotopic (exact) mass is 345 g/mol. The predicted octanol–water partition coefficient (Wildman–Crippen LogP) is 3.70. The fourth-order valence-electron chi connectivity index (χ4n) is 2.26. The number of imidazole rings is 1. The van der Waals surface area contributed by atoms with E-state index in [0.29, 0.717) is 18.8 Å². The normalized spacial score (nSPS) is 11.0. The highest BCUT2D eigenvalue weighted by Gasteiger charge is 2.14. The molecule has 21 heavy (non-hydrogen) atoms. The molecule has 0 aliphatic heterocycles. The smallest absolute Gasteiger partial charge is 0.241 e. The number of aromatic nitrogens is 2. The van der Waals surface area contributed by atoms with Crippen molar-refractivity contribution < 1.29 is 4.74 Å². The largest absolute Gasteiger partial charge is 0.437 e. The topological polar surface area (TPSA) is 52.5 Å². The molecule has 0 fully saturated rings. The Balaban J connectivity index is 2.07. The number of fused-ring (bicyclic) bond motifs is 1. The minimum atomic E-state index is 0.552. The Morgan fingerprint density at radius 3 is 2.95 bits per heavy atom. The van der Waals surface area contributed by atoms with Crippen LogP contribution in [0.25, 0.3) is 5.65 Å². The van der Waals surface area contributed by atoms with Crippen molar-refractivity contribution in [2.24, 2.45) is 5.73 Å². The summed E-state index contributed by atoms with van der Waals surface area (Å²) in [5.74, 6) is 1.42. The van der Waals surface area contributed by atoms with E-state index in [1.165, 1.54) is 0 Å². The number of benzene rings is 1. The maximum atomic E-state index is 6.04. The SMILES string of the molecule is Cc1ccc(Br)cc1Oc1nc2ccccn2c1CCN. The predicted molar refractivity (Wildman–Crippen MR) is 86.9 cm³/mol. The first-order chi connectivity index (χ1) is 10.2.